The Labute approximate surface area is 202 Å². The van der Waals surface area contributed by atoms with Gasteiger partial charge in [-0.3, -0.25) is 5.32 Å². The van der Waals surface area contributed by atoms with E-state index in [1.54, 1.807) is 12.1 Å². The second kappa shape index (κ2) is 12.2. The zero-order valence-electron chi connectivity index (χ0n) is 20.7. The molecule has 1 amide bonds. The topological polar surface area (TPSA) is 87.3 Å². The molecule has 1 saturated heterocycles. The fraction of sp³-hybridized carbons (Fsp3) is 0.538. The first-order chi connectivity index (χ1) is 16.2. The molecule has 0 aliphatic carbocycles. The second-order valence-electron chi connectivity index (χ2n) is 9.96. The summed E-state index contributed by atoms with van der Waals surface area (Å²) in [6.45, 7) is 11.9. The van der Waals surface area contributed by atoms with Crippen molar-refractivity contribution in [1.82, 2.24) is 20.9 Å². The molecule has 1 fully saturated rings. The van der Waals surface area contributed by atoms with Crippen molar-refractivity contribution in [3.8, 4) is 0 Å². The van der Waals surface area contributed by atoms with Crippen LogP contribution >= 0.6 is 0 Å². The molecule has 0 saturated carbocycles. The number of anilines is 1. The van der Waals surface area contributed by atoms with Gasteiger partial charge in [-0.1, -0.05) is 12.1 Å². The largest absolute Gasteiger partial charge is 0.444 e. The summed E-state index contributed by atoms with van der Waals surface area (Å²) in [6, 6.07) is 11.0. The molecule has 7 nitrogen and oxygen atoms in total. The van der Waals surface area contributed by atoms with Gasteiger partial charge in [-0.2, -0.15) is 0 Å². The van der Waals surface area contributed by atoms with Crippen molar-refractivity contribution < 1.29 is 13.9 Å². The van der Waals surface area contributed by atoms with Crippen LogP contribution in [0.1, 0.15) is 37.6 Å². The third-order valence-corrected chi connectivity index (χ3v) is 5.65. The number of nitrogens with one attached hydrogen (secondary N) is 4. The fourth-order valence-corrected chi connectivity index (χ4v) is 4.17. The highest BCUT2D eigenvalue weighted by molar-refractivity contribution is 5.83. The summed E-state index contributed by atoms with van der Waals surface area (Å²) >= 11 is 0. The van der Waals surface area contributed by atoms with Crippen molar-refractivity contribution in [2.24, 2.45) is 5.92 Å². The van der Waals surface area contributed by atoms with Gasteiger partial charge in [0.05, 0.1) is 0 Å². The van der Waals surface area contributed by atoms with E-state index in [9.17, 15) is 9.18 Å². The maximum atomic E-state index is 13.3. The summed E-state index contributed by atoms with van der Waals surface area (Å²) in [5, 5.41) is 13.3. The quantitative estimate of drug-likeness (QED) is 0.397. The van der Waals surface area contributed by atoms with E-state index in [2.05, 4.69) is 32.3 Å². The molecule has 0 bridgehead atoms. The van der Waals surface area contributed by atoms with Crippen LogP contribution in [0.15, 0.2) is 36.4 Å². The lowest BCUT2D eigenvalue weighted by Crippen LogP contribution is -2.40. The van der Waals surface area contributed by atoms with Crippen molar-refractivity contribution in [2.75, 3.05) is 38.0 Å². The number of amides is 1. The number of aromatic nitrogens is 1. The van der Waals surface area contributed by atoms with Crippen LogP contribution in [0.2, 0.25) is 0 Å². The molecule has 0 radical (unpaired) electrons. The molecule has 2 heterocycles. The Morgan fingerprint density at radius 1 is 1.18 bits per heavy atom. The van der Waals surface area contributed by atoms with Crippen LogP contribution in [-0.4, -0.2) is 55.4 Å². The second-order valence-corrected chi connectivity index (χ2v) is 9.96. The highest BCUT2D eigenvalue weighted by Crippen LogP contribution is 2.19. The van der Waals surface area contributed by atoms with Crippen molar-refractivity contribution >= 4 is 11.9 Å². The molecule has 1 aliphatic rings. The van der Waals surface area contributed by atoms with Gasteiger partial charge in [0.1, 0.15) is 17.2 Å². The van der Waals surface area contributed by atoms with Crippen LogP contribution in [0.25, 0.3) is 0 Å². The first-order valence-corrected chi connectivity index (χ1v) is 12.0. The molecule has 1 aromatic carbocycles. The number of carbonyl (C=O) groups excluding carboxylic acids is 1. The Hall–Kier alpha value is -2.55. The van der Waals surface area contributed by atoms with E-state index in [1.807, 2.05) is 39.8 Å². The summed E-state index contributed by atoms with van der Waals surface area (Å²) in [6.07, 6.45) is 1.13. The zero-order chi connectivity index (χ0) is 24.6. The van der Waals surface area contributed by atoms with Gasteiger partial charge in [-0.15, -0.1) is 0 Å². The maximum absolute atomic E-state index is 13.3. The predicted octanol–water partition coefficient (Wildman–Crippen LogP) is 3.43. The lowest BCUT2D eigenvalue weighted by Gasteiger charge is -2.21. The van der Waals surface area contributed by atoms with Gasteiger partial charge in [-0.25, -0.2) is 14.2 Å². The lowest BCUT2D eigenvalue weighted by molar-refractivity contribution is 0.0635. The number of nitrogens with zero attached hydrogens (tertiary/aromatic N) is 1. The smallest absolute Gasteiger partial charge is 0.413 e. The number of pyridine rings is 1. The number of benzene rings is 1. The van der Waals surface area contributed by atoms with Crippen LogP contribution in [-0.2, 0) is 17.6 Å². The normalized spacial score (nSPS) is 18.1. The summed E-state index contributed by atoms with van der Waals surface area (Å²) in [7, 11) is 0. The van der Waals surface area contributed by atoms with Gasteiger partial charge in [0, 0.05) is 31.4 Å². The molecule has 2 aromatic rings. The molecule has 2 atom stereocenters. The summed E-state index contributed by atoms with van der Waals surface area (Å²) in [5.41, 5.74) is 2.46. The Morgan fingerprint density at radius 2 is 2.00 bits per heavy atom. The highest BCUT2D eigenvalue weighted by Gasteiger charge is 2.27. The van der Waals surface area contributed by atoms with E-state index >= 15 is 0 Å². The molecule has 1 aliphatic heterocycles. The number of aryl methyl sites for hydroxylation is 1. The van der Waals surface area contributed by atoms with E-state index in [-0.39, 0.29) is 5.82 Å². The minimum atomic E-state index is -0.556. The van der Waals surface area contributed by atoms with Crippen LogP contribution in [0.4, 0.5) is 15.0 Å². The molecule has 4 N–H and O–H groups in total. The van der Waals surface area contributed by atoms with Crippen LogP contribution < -0.4 is 21.3 Å². The molecule has 8 heteroatoms. The lowest BCUT2D eigenvalue weighted by atomic mass is 9.97. The Balaban J connectivity index is 1.43. The van der Waals surface area contributed by atoms with Crippen molar-refractivity contribution in [1.29, 1.82) is 0 Å². The van der Waals surface area contributed by atoms with Crippen LogP contribution in [0.3, 0.4) is 0 Å². The first kappa shape index (κ1) is 26.1. The van der Waals surface area contributed by atoms with Gasteiger partial charge in [-0.05, 0) is 94.9 Å². The number of ether oxygens (including phenoxy) is 1. The average molecular weight is 472 g/mol. The van der Waals surface area contributed by atoms with E-state index in [0.717, 1.165) is 62.4 Å². The van der Waals surface area contributed by atoms with E-state index in [1.165, 1.54) is 6.07 Å². The van der Waals surface area contributed by atoms with E-state index in [4.69, 9.17) is 4.74 Å². The summed E-state index contributed by atoms with van der Waals surface area (Å²) in [4.78, 5) is 16.8. The third kappa shape index (κ3) is 9.00. The number of hydrogen-bond donors (Lipinski definition) is 4. The molecule has 3 rings (SSSR count). The minimum absolute atomic E-state index is 0.185. The third-order valence-electron chi connectivity index (χ3n) is 5.65. The van der Waals surface area contributed by atoms with Gasteiger partial charge in [0.15, 0.2) is 0 Å². The number of hydrogen-bond acceptors (Lipinski definition) is 6. The molecule has 0 spiro atoms. The molecule has 186 valence electrons. The van der Waals surface area contributed by atoms with Crippen LogP contribution in [0, 0.1) is 18.7 Å². The minimum Gasteiger partial charge on any atom is -0.444 e. The van der Waals surface area contributed by atoms with Crippen LogP contribution in [0.5, 0.6) is 0 Å². The Bertz CT molecular complexity index is 947. The SMILES string of the molecule is Cc1cc(CC2CNCC2NCCNCCc2cccc(F)c2)nc(NC(=O)OC(C)(C)C)c1. The summed E-state index contributed by atoms with van der Waals surface area (Å²) in [5.74, 6) is 0.743. The molecular formula is C26H38FN5O2. The highest BCUT2D eigenvalue weighted by atomic mass is 19.1. The van der Waals surface area contributed by atoms with Gasteiger partial charge in [0.25, 0.3) is 0 Å². The monoisotopic (exact) mass is 471 g/mol. The standard InChI is InChI=1S/C26H38FN5O2/c1-18-12-22(31-24(13-18)32-25(33)34-26(2,3)4)15-20-16-29-17-23(20)30-11-10-28-9-8-19-6-5-7-21(27)14-19/h5-7,12-14,20,23,28-30H,8-11,15-17H2,1-4H3,(H,31,32,33). The van der Waals surface area contributed by atoms with Gasteiger partial charge >= 0.3 is 6.09 Å². The van der Waals surface area contributed by atoms with E-state index in [0.29, 0.717) is 17.8 Å². The van der Waals surface area contributed by atoms with Gasteiger partial charge < -0.3 is 20.7 Å². The molecule has 34 heavy (non-hydrogen) atoms. The number of halogens is 1. The Kier molecular flexibility index (Phi) is 9.38. The van der Waals surface area contributed by atoms with Crippen molar-refractivity contribution in [3.63, 3.8) is 0 Å². The molecule has 2 unspecified atom stereocenters. The molecule has 1 aromatic heterocycles. The van der Waals surface area contributed by atoms with Gasteiger partial charge in [0.2, 0.25) is 0 Å². The number of carbonyl (C=O) groups is 1. The van der Waals surface area contributed by atoms with E-state index < -0.39 is 11.7 Å². The van der Waals surface area contributed by atoms with Crippen molar-refractivity contribution in [2.45, 2.75) is 52.2 Å². The first-order valence-electron chi connectivity index (χ1n) is 12.0. The molecular weight excluding hydrogens is 433 g/mol. The summed E-state index contributed by atoms with van der Waals surface area (Å²) < 4.78 is 18.6. The fourth-order valence-electron chi connectivity index (χ4n) is 4.17. The van der Waals surface area contributed by atoms with Crippen molar-refractivity contribution in [3.05, 3.63) is 59.0 Å². The predicted molar refractivity (Wildman–Crippen MR) is 134 cm³/mol. The average Bonchev–Trinajstić information content (AvgIpc) is 3.15. The Morgan fingerprint density at radius 3 is 2.76 bits per heavy atom. The zero-order valence-corrected chi connectivity index (χ0v) is 20.7. The number of rotatable bonds is 10. The maximum Gasteiger partial charge on any atom is 0.413 e.